The summed E-state index contributed by atoms with van der Waals surface area (Å²) in [6, 6.07) is 3.04. The number of imide groups is 1. The molecule has 0 aliphatic carbocycles. The van der Waals surface area contributed by atoms with Gasteiger partial charge in [0, 0.05) is 25.2 Å². The molecule has 1 aromatic heterocycles. The van der Waals surface area contributed by atoms with E-state index in [0.29, 0.717) is 6.42 Å². The van der Waals surface area contributed by atoms with Crippen molar-refractivity contribution in [3.63, 3.8) is 0 Å². The van der Waals surface area contributed by atoms with Crippen LogP contribution in [0.25, 0.3) is 0 Å². The highest BCUT2D eigenvalue weighted by Gasteiger charge is 2.36. The Morgan fingerprint density at radius 2 is 2.04 bits per heavy atom. The van der Waals surface area contributed by atoms with Crippen molar-refractivity contribution in [2.75, 3.05) is 18.4 Å². The third kappa shape index (κ3) is 3.33. The summed E-state index contributed by atoms with van der Waals surface area (Å²) in [6.45, 7) is 0.274. The lowest BCUT2D eigenvalue weighted by atomic mass is 10.1. The molecule has 1 aliphatic rings. The van der Waals surface area contributed by atoms with E-state index < -0.39 is 22.8 Å². The molecule has 2 aromatic rings. The number of hydrogen-bond donors (Lipinski definition) is 3. The molecule has 0 atom stereocenters. The minimum Gasteiger partial charge on any atom is -0.338 e. The lowest BCUT2D eigenvalue weighted by Crippen LogP contribution is -2.35. The first-order valence-electron chi connectivity index (χ1n) is 7.52. The Hall–Kier alpha value is -3.83. The van der Waals surface area contributed by atoms with Crippen molar-refractivity contribution in [3.05, 3.63) is 45.8 Å². The maximum absolute atomic E-state index is 12.3. The monoisotopic (exact) mass is 359 g/mol. The number of H-pyrrole nitrogens is 1. The number of aromatic nitrogens is 3. The summed E-state index contributed by atoms with van der Waals surface area (Å²) in [5, 5.41) is 21.8. The van der Waals surface area contributed by atoms with Gasteiger partial charge in [0.05, 0.1) is 16.1 Å². The summed E-state index contributed by atoms with van der Waals surface area (Å²) in [5.74, 6) is -0.907. The van der Waals surface area contributed by atoms with Crippen LogP contribution in [-0.4, -0.2) is 55.9 Å². The van der Waals surface area contributed by atoms with E-state index in [0.717, 1.165) is 11.0 Å². The van der Waals surface area contributed by atoms with Crippen molar-refractivity contribution in [2.45, 2.75) is 6.42 Å². The van der Waals surface area contributed by atoms with Crippen LogP contribution in [0.5, 0.6) is 0 Å². The third-order valence-corrected chi connectivity index (χ3v) is 3.66. The molecule has 1 aliphatic heterocycles. The van der Waals surface area contributed by atoms with Crippen LogP contribution in [0.15, 0.2) is 24.5 Å². The fourth-order valence-corrected chi connectivity index (χ4v) is 2.45. The van der Waals surface area contributed by atoms with Crippen LogP contribution < -0.4 is 10.6 Å². The van der Waals surface area contributed by atoms with Crippen LogP contribution in [0, 0.1) is 10.1 Å². The van der Waals surface area contributed by atoms with Gasteiger partial charge in [-0.15, -0.1) is 0 Å². The Morgan fingerprint density at radius 3 is 2.73 bits per heavy atom. The summed E-state index contributed by atoms with van der Waals surface area (Å²) in [7, 11) is 0. The highest BCUT2D eigenvalue weighted by molar-refractivity contribution is 6.21. The molecule has 0 saturated heterocycles. The van der Waals surface area contributed by atoms with E-state index in [1.807, 2.05) is 0 Å². The second kappa shape index (κ2) is 6.96. The minimum atomic E-state index is -0.627. The number of carbonyl (C=O) groups excluding carboxylic acids is 3. The standard InChI is InChI=1S/C14H13N7O5/c22-11-9-3-2-8(21(25)26)6-10(9)12(23)20(11)5-1-4-15-14(24)18-13-16-7-17-19-13/h2-3,6-7H,1,4-5H2,(H3,15,16,17,18,19,24). The molecule has 0 saturated carbocycles. The van der Waals surface area contributed by atoms with Crippen LogP contribution in [0.4, 0.5) is 16.4 Å². The first-order chi connectivity index (χ1) is 12.5. The molecule has 26 heavy (non-hydrogen) atoms. The summed E-state index contributed by atoms with van der Waals surface area (Å²) in [5.41, 5.74) is -0.102. The van der Waals surface area contributed by atoms with Gasteiger partial charge in [-0.3, -0.25) is 29.9 Å². The van der Waals surface area contributed by atoms with E-state index in [1.165, 1.54) is 18.5 Å². The van der Waals surface area contributed by atoms with E-state index in [-0.39, 0.29) is 35.9 Å². The smallest absolute Gasteiger partial charge is 0.321 e. The van der Waals surface area contributed by atoms with Crippen molar-refractivity contribution in [3.8, 4) is 0 Å². The zero-order chi connectivity index (χ0) is 18.7. The molecule has 3 rings (SSSR count). The molecular formula is C14H13N7O5. The largest absolute Gasteiger partial charge is 0.338 e. The molecule has 3 N–H and O–H groups in total. The Balaban J connectivity index is 1.52. The van der Waals surface area contributed by atoms with E-state index >= 15 is 0 Å². The van der Waals surface area contributed by atoms with Gasteiger partial charge >= 0.3 is 6.03 Å². The fourth-order valence-electron chi connectivity index (χ4n) is 2.45. The summed E-state index contributed by atoms with van der Waals surface area (Å²) < 4.78 is 0. The summed E-state index contributed by atoms with van der Waals surface area (Å²) in [4.78, 5) is 51.0. The molecule has 134 valence electrons. The Bertz CT molecular complexity index is 880. The topological polar surface area (TPSA) is 163 Å². The predicted octanol–water partition coefficient (Wildman–Crippen LogP) is 0.521. The molecular weight excluding hydrogens is 346 g/mol. The summed E-state index contributed by atoms with van der Waals surface area (Å²) in [6.07, 6.45) is 1.56. The van der Waals surface area contributed by atoms with Gasteiger partial charge in [-0.1, -0.05) is 0 Å². The van der Waals surface area contributed by atoms with Gasteiger partial charge in [-0.2, -0.15) is 10.1 Å². The maximum atomic E-state index is 12.3. The zero-order valence-electron chi connectivity index (χ0n) is 13.3. The van der Waals surface area contributed by atoms with Gasteiger partial charge in [-0.05, 0) is 12.5 Å². The molecule has 0 radical (unpaired) electrons. The Kier molecular flexibility index (Phi) is 4.55. The van der Waals surface area contributed by atoms with Gasteiger partial charge in [-0.25, -0.2) is 9.89 Å². The number of hydrogen-bond acceptors (Lipinski definition) is 7. The van der Waals surface area contributed by atoms with Crippen LogP contribution in [0.1, 0.15) is 27.1 Å². The Labute approximate surface area is 145 Å². The number of nitrogens with zero attached hydrogens (tertiary/aromatic N) is 4. The van der Waals surface area contributed by atoms with Crippen LogP contribution >= 0.6 is 0 Å². The van der Waals surface area contributed by atoms with Gasteiger partial charge in [0.2, 0.25) is 5.95 Å². The molecule has 1 aromatic carbocycles. The second-order valence-corrected chi connectivity index (χ2v) is 5.32. The normalized spacial score (nSPS) is 12.8. The van der Waals surface area contributed by atoms with Crippen molar-refractivity contribution in [1.82, 2.24) is 25.4 Å². The number of aromatic amines is 1. The molecule has 0 spiro atoms. The molecule has 0 fully saturated rings. The molecule has 12 heteroatoms. The summed E-state index contributed by atoms with van der Waals surface area (Å²) >= 11 is 0. The number of non-ortho nitro benzene ring substituents is 1. The zero-order valence-corrected chi connectivity index (χ0v) is 13.3. The number of benzene rings is 1. The first kappa shape index (κ1) is 17.0. The quantitative estimate of drug-likeness (QED) is 0.293. The fraction of sp³-hybridized carbons (Fsp3) is 0.214. The third-order valence-electron chi connectivity index (χ3n) is 3.66. The highest BCUT2D eigenvalue weighted by Crippen LogP contribution is 2.26. The number of urea groups is 1. The highest BCUT2D eigenvalue weighted by atomic mass is 16.6. The molecule has 12 nitrogen and oxygen atoms in total. The molecule has 0 bridgehead atoms. The predicted molar refractivity (Wildman–Crippen MR) is 86.5 cm³/mol. The van der Waals surface area contributed by atoms with Crippen LogP contribution in [-0.2, 0) is 0 Å². The average Bonchev–Trinajstić information content (AvgIpc) is 3.20. The average molecular weight is 359 g/mol. The SMILES string of the molecule is O=C(NCCCN1C(=O)c2ccc([N+](=O)[O-])cc2C1=O)Nc1ncn[nH]1. The molecule has 0 unspecified atom stereocenters. The lowest BCUT2D eigenvalue weighted by molar-refractivity contribution is -0.384. The number of anilines is 1. The van der Waals surface area contributed by atoms with E-state index in [2.05, 4.69) is 25.8 Å². The number of fused-ring (bicyclic) bond motifs is 1. The number of carbonyl (C=O) groups is 3. The number of nitrogens with one attached hydrogen (secondary N) is 3. The van der Waals surface area contributed by atoms with Crippen molar-refractivity contribution >= 4 is 29.5 Å². The first-order valence-corrected chi connectivity index (χ1v) is 7.52. The number of rotatable bonds is 6. The van der Waals surface area contributed by atoms with Gasteiger partial charge in [0.1, 0.15) is 6.33 Å². The number of amides is 4. The van der Waals surface area contributed by atoms with E-state index in [4.69, 9.17) is 0 Å². The Morgan fingerprint density at radius 1 is 1.27 bits per heavy atom. The van der Waals surface area contributed by atoms with Gasteiger partial charge < -0.3 is 5.32 Å². The van der Waals surface area contributed by atoms with Crippen LogP contribution in [0.3, 0.4) is 0 Å². The lowest BCUT2D eigenvalue weighted by Gasteiger charge is -2.13. The number of nitro groups is 1. The van der Waals surface area contributed by atoms with Crippen molar-refractivity contribution in [1.29, 1.82) is 0 Å². The molecule has 2 heterocycles. The number of nitro benzene ring substituents is 1. The van der Waals surface area contributed by atoms with E-state index in [9.17, 15) is 24.5 Å². The molecule has 4 amide bonds. The second-order valence-electron chi connectivity index (χ2n) is 5.32. The van der Waals surface area contributed by atoms with Gasteiger partial charge in [0.25, 0.3) is 17.5 Å². The van der Waals surface area contributed by atoms with Gasteiger partial charge in [0.15, 0.2) is 0 Å². The minimum absolute atomic E-state index is 0.0141. The van der Waals surface area contributed by atoms with E-state index in [1.54, 1.807) is 0 Å². The van der Waals surface area contributed by atoms with Crippen molar-refractivity contribution < 1.29 is 19.3 Å². The van der Waals surface area contributed by atoms with Crippen molar-refractivity contribution in [2.24, 2.45) is 0 Å². The van der Waals surface area contributed by atoms with Crippen LogP contribution in [0.2, 0.25) is 0 Å². The maximum Gasteiger partial charge on any atom is 0.321 e.